The van der Waals surface area contributed by atoms with E-state index in [1.54, 1.807) is 6.07 Å². The predicted molar refractivity (Wildman–Crippen MR) is 55.6 cm³/mol. The van der Waals surface area contributed by atoms with Gasteiger partial charge in [0.2, 0.25) is 0 Å². The van der Waals surface area contributed by atoms with Crippen LogP contribution in [0.1, 0.15) is 24.8 Å². The van der Waals surface area contributed by atoms with Crippen LogP contribution in [0, 0.1) is 5.82 Å². The second kappa shape index (κ2) is 3.29. The fourth-order valence-corrected chi connectivity index (χ4v) is 2.06. The fraction of sp³-hybridized carbons (Fsp3) is 0.400. The minimum Gasteiger partial charge on any atom is -0.385 e. The highest BCUT2D eigenvalue weighted by atomic mass is 79.9. The Morgan fingerprint density at radius 3 is 3.08 bits per heavy atom. The van der Waals surface area contributed by atoms with Crippen LogP contribution in [0.3, 0.4) is 0 Å². The Hall–Kier alpha value is -0.570. The summed E-state index contributed by atoms with van der Waals surface area (Å²) in [5, 5.41) is 3.20. The van der Waals surface area contributed by atoms with Crippen LogP contribution in [0.5, 0.6) is 0 Å². The van der Waals surface area contributed by atoms with Gasteiger partial charge in [-0.3, -0.25) is 0 Å². The smallest absolute Gasteiger partial charge is 0.139 e. The molecule has 1 aromatic carbocycles. The molecule has 1 aromatic rings. The van der Waals surface area contributed by atoms with Crippen LogP contribution in [0.4, 0.5) is 10.1 Å². The third kappa shape index (κ3) is 1.57. The van der Waals surface area contributed by atoms with E-state index in [9.17, 15) is 4.39 Å². The maximum absolute atomic E-state index is 13.1. The summed E-state index contributed by atoms with van der Waals surface area (Å²) >= 11 is 3.20. The molecule has 1 nitrogen and oxygen atoms in total. The highest BCUT2D eigenvalue weighted by Gasteiger charge is 2.17. The Labute approximate surface area is 85.5 Å². The first kappa shape index (κ1) is 9.00. The highest BCUT2D eigenvalue weighted by molar-refractivity contribution is 9.10. The second-order valence-corrected chi connectivity index (χ2v) is 4.32. The summed E-state index contributed by atoms with van der Waals surface area (Å²) in [6, 6.07) is 3.44. The van der Waals surface area contributed by atoms with E-state index in [1.165, 1.54) is 5.56 Å². The standard InChI is InChI=1S/C10H11BrFN/c1-6-2-3-13-10-5-9(12)8(11)4-7(6)10/h4-6,13H,2-3H2,1H3. The van der Waals surface area contributed by atoms with E-state index in [-0.39, 0.29) is 5.82 Å². The van der Waals surface area contributed by atoms with Gasteiger partial charge in [-0.1, -0.05) is 6.92 Å². The zero-order chi connectivity index (χ0) is 9.42. The fourth-order valence-electron chi connectivity index (χ4n) is 1.70. The molecule has 0 amide bonds. The van der Waals surface area contributed by atoms with E-state index in [1.807, 2.05) is 6.07 Å². The summed E-state index contributed by atoms with van der Waals surface area (Å²) in [5.74, 6) is 0.327. The summed E-state index contributed by atoms with van der Waals surface area (Å²) in [5.41, 5.74) is 2.15. The topological polar surface area (TPSA) is 12.0 Å². The Morgan fingerprint density at radius 1 is 1.54 bits per heavy atom. The summed E-state index contributed by atoms with van der Waals surface area (Å²) in [7, 11) is 0. The third-order valence-corrected chi connectivity index (χ3v) is 3.12. The number of rotatable bonds is 0. The lowest BCUT2D eigenvalue weighted by molar-refractivity contribution is 0.614. The SMILES string of the molecule is CC1CCNc2cc(F)c(Br)cc21. The number of nitrogens with one attached hydrogen (secondary N) is 1. The van der Waals surface area contributed by atoms with Crippen LogP contribution >= 0.6 is 15.9 Å². The molecule has 1 aliphatic rings. The van der Waals surface area contributed by atoms with Crippen LogP contribution in [0.15, 0.2) is 16.6 Å². The molecule has 0 radical (unpaired) electrons. The van der Waals surface area contributed by atoms with Gasteiger partial charge in [0.15, 0.2) is 0 Å². The normalized spacial score (nSPS) is 20.7. The summed E-state index contributed by atoms with van der Waals surface area (Å²) in [4.78, 5) is 0. The third-order valence-electron chi connectivity index (χ3n) is 2.52. The molecule has 1 N–H and O–H groups in total. The lowest BCUT2D eigenvalue weighted by atomic mass is 9.93. The van der Waals surface area contributed by atoms with Crippen molar-refractivity contribution in [2.24, 2.45) is 0 Å². The van der Waals surface area contributed by atoms with E-state index in [2.05, 4.69) is 28.2 Å². The van der Waals surface area contributed by atoms with Crippen molar-refractivity contribution in [2.45, 2.75) is 19.3 Å². The van der Waals surface area contributed by atoms with E-state index < -0.39 is 0 Å². The average molecular weight is 244 g/mol. The van der Waals surface area contributed by atoms with Gasteiger partial charge >= 0.3 is 0 Å². The molecule has 3 heteroatoms. The van der Waals surface area contributed by atoms with Crippen molar-refractivity contribution in [1.82, 2.24) is 0 Å². The monoisotopic (exact) mass is 243 g/mol. The number of benzene rings is 1. The molecular formula is C10H11BrFN. The van der Waals surface area contributed by atoms with Gasteiger partial charge in [0.05, 0.1) is 4.47 Å². The van der Waals surface area contributed by atoms with Crippen molar-refractivity contribution >= 4 is 21.6 Å². The zero-order valence-corrected chi connectivity index (χ0v) is 8.99. The molecule has 1 heterocycles. The van der Waals surface area contributed by atoms with Crippen LogP contribution in [0.25, 0.3) is 0 Å². The molecule has 0 bridgehead atoms. The second-order valence-electron chi connectivity index (χ2n) is 3.47. The molecule has 0 spiro atoms. The van der Waals surface area contributed by atoms with Crippen molar-refractivity contribution in [3.8, 4) is 0 Å². The van der Waals surface area contributed by atoms with E-state index in [0.717, 1.165) is 18.7 Å². The van der Waals surface area contributed by atoms with Crippen LogP contribution in [-0.4, -0.2) is 6.54 Å². The van der Waals surface area contributed by atoms with Gasteiger partial charge in [-0.2, -0.15) is 0 Å². The first-order chi connectivity index (χ1) is 6.18. The molecule has 70 valence electrons. The maximum atomic E-state index is 13.1. The Morgan fingerprint density at radius 2 is 2.31 bits per heavy atom. The number of fused-ring (bicyclic) bond motifs is 1. The van der Waals surface area contributed by atoms with Gasteiger partial charge in [0, 0.05) is 12.2 Å². The number of hydrogen-bond donors (Lipinski definition) is 1. The molecule has 0 aromatic heterocycles. The average Bonchev–Trinajstić information content (AvgIpc) is 2.09. The molecule has 0 saturated heterocycles. The molecule has 0 fully saturated rings. The summed E-state index contributed by atoms with van der Waals surface area (Å²) in [6.45, 7) is 3.11. The van der Waals surface area contributed by atoms with Crippen LogP contribution in [-0.2, 0) is 0 Å². The highest BCUT2D eigenvalue weighted by Crippen LogP contribution is 2.34. The maximum Gasteiger partial charge on any atom is 0.139 e. The van der Waals surface area contributed by atoms with Gasteiger partial charge in [-0.25, -0.2) is 4.39 Å². The van der Waals surface area contributed by atoms with Crippen molar-refractivity contribution in [3.63, 3.8) is 0 Å². The number of hydrogen-bond acceptors (Lipinski definition) is 1. The minimum absolute atomic E-state index is 0.194. The summed E-state index contributed by atoms with van der Waals surface area (Å²) < 4.78 is 13.7. The van der Waals surface area contributed by atoms with Crippen LogP contribution in [0.2, 0.25) is 0 Å². The molecule has 1 aliphatic heterocycles. The molecule has 0 aliphatic carbocycles. The molecule has 13 heavy (non-hydrogen) atoms. The van der Waals surface area contributed by atoms with E-state index in [4.69, 9.17) is 0 Å². The van der Waals surface area contributed by atoms with Crippen molar-refractivity contribution in [1.29, 1.82) is 0 Å². The Kier molecular flexibility index (Phi) is 2.28. The van der Waals surface area contributed by atoms with Gasteiger partial charge in [-0.15, -0.1) is 0 Å². The quantitative estimate of drug-likeness (QED) is 0.736. The van der Waals surface area contributed by atoms with E-state index >= 15 is 0 Å². The summed E-state index contributed by atoms with van der Waals surface area (Å²) in [6.07, 6.45) is 1.12. The first-order valence-corrected chi connectivity index (χ1v) is 5.20. The zero-order valence-electron chi connectivity index (χ0n) is 7.40. The number of anilines is 1. The Bertz CT molecular complexity index is 338. The molecular weight excluding hydrogens is 233 g/mol. The number of halogens is 2. The van der Waals surface area contributed by atoms with Gasteiger partial charge in [0.1, 0.15) is 5.82 Å². The van der Waals surface area contributed by atoms with Crippen LogP contribution < -0.4 is 5.32 Å². The van der Waals surface area contributed by atoms with Crippen molar-refractivity contribution in [2.75, 3.05) is 11.9 Å². The minimum atomic E-state index is -0.194. The lowest BCUT2D eigenvalue weighted by Gasteiger charge is -2.24. The van der Waals surface area contributed by atoms with Crippen molar-refractivity contribution < 1.29 is 4.39 Å². The molecule has 2 rings (SSSR count). The van der Waals surface area contributed by atoms with Gasteiger partial charge in [-0.05, 0) is 46.0 Å². The first-order valence-electron chi connectivity index (χ1n) is 4.41. The molecule has 1 atom stereocenters. The largest absolute Gasteiger partial charge is 0.385 e. The molecule has 1 unspecified atom stereocenters. The predicted octanol–water partition coefficient (Wildman–Crippen LogP) is 3.51. The van der Waals surface area contributed by atoms with Gasteiger partial charge < -0.3 is 5.32 Å². The van der Waals surface area contributed by atoms with E-state index in [0.29, 0.717) is 10.4 Å². The molecule has 0 saturated carbocycles. The lowest BCUT2D eigenvalue weighted by Crippen LogP contribution is -2.15. The van der Waals surface area contributed by atoms with Crippen molar-refractivity contribution in [3.05, 3.63) is 28.0 Å². The van der Waals surface area contributed by atoms with Gasteiger partial charge in [0.25, 0.3) is 0 Å². The Balaban J connectivity index is 2.52.